The van der Waals surface area contributed by atoms with Crippen molar-refractivity contribution < 1.29 is 0 Å². The SMILES string of the molecule is CCCCN(Cc1ccccc1)c1nc(NC2CCCCCCCCCCC2)ns1. The maximum absolute atomic E-state index is 4.91. The van der Waals surface area contributed by atoms with E-state index < -0.39 is 0 Å². The molecule has 1 aromatic heterocycles. The van der Waals surface area contributed by atoms with Crippen LogP contribution < -0.4 is 10.2 Å². The molecule has 30 heavy (non-hydrogen) atoms. The monoisotopic (exact) mass is 428 g/mol. The summed E-state index contributed by atoms with van der Waals surface area (Å²) in [4.78, 5) is 7.30. The molecule has 1 aliphatic carbocycles. The Morgan fingerprint density at radius 3 is 2.20 bits per heavy atom. The number of benzene rings is 1. The molecule has 0 amide bonds. The summed E-state index contributed by atoms with van der Waals surface area (Å²) in [6, 6.07) is 11.2. The second-order valence-corrected chi connectivity index (χ2v) is 9.49. The van der Waals surface area contributed by atoms with Crippen molar-refractivity contribution in [3.05, 3.63) is 35.9 Å². The van der Waals surface area contributed by atoms with Gasteiger partial charge in [0.05, 0.1) is 0 Å². The van der Waals surface area contributed by atoms with E-state index >= 15 is 0 Å². The lowest BCUT2D eigenvalue weighted by molar-refractivity contribution is 0.479. The van der Waals surface area contributed by atoms with E-state index in [-0.39, 0.29) is 0 Å². The van der Waals surface area contributed by atoms with E-state index in [4.69, 9.17) is 4.98 Å². The maximum Gasteiger partial charge on any atom is 0.236 e. The minimum atomic E-state index is 0.519. The van der Waals surface area contributed by atoms with Crippen LogP contribution in [0.1, 0.15) is 96.0 Å². The zero-order valence-corrected chi connectivity index (χ0v) is 19.6. The van der Waals surface area contributed by atoms with E-state index in [9.17, 15) is 0 Å². The summed E-state index contributed by atoms with van der Waals surface area (Å²) in [5, 5.41) is 4.73. The normalized spacial score (nSPS) is 17.1. The van der Waals surface area contributed by atoms with Crippen molar-refractivity contribution in [2.75, 3.05) is 16.8 Å². The Morgan fingerprint density at radius 2 is 1.57 bits per heavy atom. The molecular weight excluding hydrogens is 388 g/mol. The van der Waals surface area contributed by atoms with Crippen molar-refractivity contribution in [1.29, 1.82) is 0 Å². The first-order chi connectivity index (χ1) is 14.8. The van der Waals surface area contributed by atoms with Gasteiger partial charge in [0, 0.05) is 30.7 Å². The molecule has 1 aromatic carbocycles. The molecule has 0 radical (unpaired) electrons. The summed E-state index contributed by atoms with van der Waals surface area (Å²) in [6.07, 6.45) is 17.3. The average molecular weight is 429 g/mol. The van der Waals surface area contributed by atoms with Gasteiger partial charge in [-0.15, -0.1) is 0 Å². The molecule has 0 saturated heterocycles. The van der Waals surface area contributed by atoms with E-state index in [2.05, 4.69) is 51.8 Å². The number of hydrogen-bond acceptors (Lipinski definition) is 5. The molecule has 3 rings (SSSR count). The number of hydrogen-bond donors (Lipinski definition) is 1. The molecule has 1 saturated carbocycles. The molecule has 4 nitrogen and oxygen atoms in total. The van der Waals surface area contributed by atoms with Crippen molar-refractivity contribution in [3.8, 4) is 0 Å². The highest BCUT2D eigenvalue weighted by Crippen LogP contribution is 2.25. The van der Waals surface area contributed by atoms with Crippen LogP contribution in [-0.4, -0.2) is 21.9 Å². The Morgan fingerprint density at radius 1 is 0.933 bits per heavy atom. The molecule has 0 atom stereocenters. The summed E-state index contributed by atoms with van der Waals surface area (Å²) >= 11 is 1.54. The van der Waals surface area contributed by atoms with Crippen LogP contribution in [0.15, 0.2) is 30.3 Å². The van der Waals surface area contributed by atoms with Gasteiger partial charge in [0.2, 0.25) is 11.1 Å². The fraction of sp³-hybridized carbons (Fsp3) is 0.680. The second-order valence-electron chi connectivity index (χ2n) is 8.76. The highest BCUT2D eigenvalue weighted by atomic mass is 32.1. The zero-order valence-electron chi connectivity index (χ0n) is 18.8. The summed E-state index contributed by atoms with van der Waals surface area (Å²) in [6.45, 7) is 4.18. The molecule has 0 spiro atoms. The van der Waals surface area contributed by atoms with Gasteiger partial charge < -0.3 is 10.2 Å². The van der Waals surface area contributed by atoms with Crippen LogP contribution in [0.5, 0.6) is 0 Å². The highest BCUT2D eigenvalue weighted by Gasteiger charge is 2.16. The molecule has 1 heterocycles. The van der Waals surface area contributed by atoms with Crippen molar-refractivity contribution in [3.63, 3.8) is 0 Å². The summed E-state index contributed by atoms with van der Waals surface area (Å²) in [7, 11) is 0. The Labute approximate surface area is 187 Å². The average Bonchev–Trinajstić information content (AvgIpc) is 3.22. The predicted octanol–water partition coefficient (Wildman–Crippen LogP) is 7.43. The smallest absolute Gasteiger partial charge is 0.236 e. The van der Waals surface area contributed by atoms with Crippen LogP contribution in [0.2, 0.25) is 0 Å². The van der Waals surface area contributed by atoms with Crippen molar-refractivity contribution in [2.45, 2.75) is 103 Å². The lowest BCUT2D eigenvalue weighted by Crippen LogP contribution is -2.24. The van der Waals surface area contributed by atoms with E-state index in [0.717, 1.165) is 24.2 Å². The summed E-state index contributed by atoms with van der Waals surface area (Å²) in [5.74, 6) is 0.835. The third-order valence-electron chi connectivity index (χ3n) is 6.12. The molecule has 5 heteroatoms. The second kappa shape index (κ2) is 13.6. The maximum atomic E-state index is 4.91. The van der Waals surface area contributed by atoms with Gasteiger partial charge in [0.1, 0.15) is 0 Å². The van der Waals surface area contributed by atoms with Crippen molar-refractivity contribution in [1.82, 2.24) is 9.36 Å². The molecule has 0 bridgehead atoms. The first-order valence-corrected chi connectivity index (χ1v) is 13.0. The Kier molecular flexibility index (Phi) is 10.5. The quantitative estimate of drug-likeness (QED) is 0.474. The van der Waals surface area contributed by atoms with Crippen LogP contribution in [0, 0.1) is 0 Å². The van der Waals surface area contributed by atoms with Crippen LogP contribution >= 0.6 is 11.5 Å². The fourth-order valence-corrected chi connectivity index (χ4v) is 4.95. The van der Waals surface area contributed by atoms with Gasteiger partial charge in [-0.05, 0) is 24.8 Å². The fourth-order valence-electron chi connectivity index (χ4n) is 4.29. The molecule has 1 aliphatic rings. The largest absolute Gasteiger partial charge is 0.351 e. The molecule has 1 N–H and O–H groups in total. The number of anilines is 2. The summed E-state index contributed by atoms with van der Waals surface area (Å²) in [5.41, 5.74) is 1.33. The summed E-state index contributed by atoms with van der Waals surface area (Å²) < 4.78 is 4.69. The highest BCUT2D eigenvalue weighted by molar-refractivity contribution is 7.09. The van der Waals surface area contributed by atoms with Gasteiger partial charge >= 0.3 is 0 Å². The molecule has 0 aliphatic heterocycles. The van der Waals surface area contributed by atoms with Crippen LogP contribution in [-0.2, 0) is 6.54 Å². The first kappa shape index (κ1) is 23.1. The third kappa shape index (κ3) is 8.25. The van der Waals surface area contributed by atoms with E-state index in [1.165, 1.54) is 89.0 Å². The minimum Gasteiger partial charge on any atom is -0.351 e. The predicted molar refractivity (Wildman–Crippen MR) is 131 cm³/mol. The van der Waals surface area contributed by atoms with Crippen LogP contribution in [0.25, 0.3) is 0 Å². The molecule has 2 aromatic rings. The zero-order chi connectivity index (χ0) is 20.9. The third-order valence-corrected chi connectivity index (χ3v) is 6.90. The Hall–Kier alpha value is -1.62. The van der Waals surface area contributed by atoms with Gasteiger partial charge in [-0.2, -0.15) is 9.36 Å². The first-order valence-electron chi connectivity index (χ1n) is 12.2. The Balaban J connectivity index is 1.59. The number of nitrogens with zero attached hydrogens (tertiary/aromatic N) is 3. The number of unbranched alkanes of at least 4 members (excludes halogenated alkanes) is 1. The number of nitrogens with one attached hydrogen (secondary N) is 1. The van der Waals surface area contributed by atoms with E-state index in [0.29, 0.717) is 6.04 Å². The van der Waals surface area contributed by atoms with E-state index in [1.807, 2.05) is 0 Å². The lowest BCUT2D eigenvalue weighted by atomic mass is 9.98. The standard InChI is InChI=1S/C25H40N4S/c1-2-3-20-29(21-22-16-12-11-13-17-22)25-27-24(28-30-25)26-23-18-14-9-7-5-4-6-8-10-15-19-23/h11-13,16-17,23H,2-10,14-15,18-21H2,1H3,(H,26,28). The van der Waals surface area contributed by atoms with Crippen molar-refractivity contribution in [2.24, 2.45) is 0 Å². The van der Waals surface area contributed by atoms with Gasteiger partial charge in [-0.3, -0.25) is 0 Å². The topological polar surface area (TPSA) is 41.1 Å². The number of aromatic nitrogens is 2. The van der Waals surface area contributed by atoms with Crippen LogP contribution in [0.3, 0.4) is 0 Å². The molecule has 0 unspecified atom stereocenters. The molecule has 1 fully saturated rings. The van der Waals surface area contributed by atoms with Gasteiger partial charge in [0.15, 0.2) is 0 Å². The molecular formula is C25H40N4S. The minimum absolute atomic E-state index is 0.519. The van der Waals surface area contributed by atoms with Gasteiger partial charge in [-0.1, -0.05) is 101 Å². The van der Waals surface area contributed by atoms with Gasteiger partial charge in [-0.25, -0.2) is 0 Å². The number of rotatable bonds is 8. The lowest BCUT2D eigenvalue weighted by Gasteiger charge is -2.21. The molecule has 166 valence electrons. The van der Waals surface area contributed by atoms with Crippen molar-refractivity contribution >= 4 is 22.6 Å². The van der Waals surface area contributed by atoms with E-state index in [1.54, 1.807) is 11.5 Å². The Bertz CT molecular complexity index is 675. The van der Waals surface area contributed by atoms with Crippen LogP contribution in [0.4, 0.5) is 11.1 Å². The van der Waals surface area contributed by atoms with Gasteiger partial charge in [0.25, 0.3) is 0 Å².